The Hall–Kier alpha value is -2.17. The van der Waals surface area contributed by atoms with Crippen LogP contribution in [0.4, 0.5) is 4.39 Å². The van der Waals surface area contributed by atoms with Crippen LogP contribution in [0.2, 0.25) is 10.0 Å². The predicted molar refractivity (Wildman–Crippen MR) is 93.1 cm³/mol. The molecule has 0 spiro atoms. The number of ether oxygens (including phenoxy) is 1. The molecule has 122 valence electrons. The maximum Gasteiger partial charge on any atom is 0.338 e. The van der Waals surface area contributed by atoms with Gasteiger partial charge in [-0.25, -0.2) is 14.2 Å². The lowest BCUT2D eigenvalue weighted by Crippen LogP contribution is -2.06. The van der Waals surface area contributed by atoms with Crippen LogP contribution in [0.15, 0.2) is 42.5 Å². The van der Waals surface area contributed by atoms with Crippen LogP contribution in [0.25, 0.3) is 22.2 Å². The molecule has 0 saturated carbocycles. The lowest BCUT2D eigenvalue weighted by molar-refractivity contribution is 0.0528. The fourth-order valence-electron chi connectivity index (χ4n) is 2.40. The molecule has 0 atom stereocenters. The first kappa shape index (κ1) is 16.7. The lowest BCUT2D eigenvalue weighted by Gasteiger charge is -2.11. The van der Waals surface area contributed by atoms with Crippen LogP contribution >= 0.6 is 23.2 Å². The van der Waals surface area contributed by atoms with Gasteiger partial charge < -0.3 is 4.74 Å². The zero-order valence-electron chi connectivity index (χ0n) is 12.6. The van der Waals surface area contributed by atoms with Crippen molar-refractivity contribution in [3.8, 4) is 11.3 Å². The maximum atomic E-state index is 13.1. The van der Waals surface area contributed by atoms with Gasteiger partial charge in [-0.05, 0) is 49.4 Å². The number of nitrogens with zero attached hydrogens (tertiary/aromatic N) is 1. The summed E-state index contributed by atoms with van der Waals surface area (Å²) in [5.74, 6) is -0.846. The smallest absolute Gasteiger partial charge is 0.338 e. The van der Waals surface area contributed by atoms with Crippen molar-refractivity contribution in [2.75, 3.05) is 6.61 Å². The Bertz CT molecular complexity index is 926. The van der Waals surface area contributed by atoms with E-state index in [-0.39, 0.29) is 12.4 Å². The fraction of sp³-hybridized carbons (Fsp3) is 0.111. The summed E-state index contributed by atoms with van der Waals surface area (Å²) in [4.78, 5) is 16.8. The second-order valence-electron chi connectivity index (χ2n) is 5.07. The molecular weight excluding hydrogens is 352 g/mol. The van der Waals surface area contributed by atoms with Crippen molar-refractivity contribution >= 4 is 40.1 Å². The van der Waals surface area contributed by atoms with Crippen molar-refractivity contribution in [3.63, 3.8) is 0 Å². The van der Waals surface area contributed by atoms with E-state index in [0.29, 0.717) is 37.8 Å². The maximum absolute atomic E-state index is 13.1. The molecule has 0 fully saturated rings. The molecule has 0 saturated heterocycles. The minimum Gasteiger partial charge on any atom is -0.462 e. The van der Waals surface area contributed by atoms with Gasteiger partial charge in [-0.2, -0.15) is 0 Å². The molecule has 0 N–H and O–H groups in total. The molecule has 2 aromatic carbocycles. The first-order chi connectivity index (χ1) is 11.5. The molecule has 0 aliphatic heterocycles. The molecule has 0 aliphatic rings. The van der Waals surface area contributed by atoms with Gasteiger partial charge in [0.15, 0.2) is 0 Å². The number of benzene rings is 2. The molecule has 0 bridgehead atoms. The van der Waals surface area contributed by atoms with E-state index in [9.17, 15) is 9.18 Å². The van der Waals surface area contributed by atoms with Gasteiger partial charge in [0.05, 0.1) is 28.4 Å². The second-order valence-corrected chi connectivity index (χ2v) is 5.91. The van der Waals surface area contributed by atoms with E-state index >= 15 is 0 Å². The summed E-state index contributed by atoms with van der Waals surface area (Å²) in [5, 5.41) is 1.23. The predicted octanol–water partition coefficient (Wildman–Crippen LogP) is 5.52. The van der Waals surface area contributed by atoms with Crippen molar-refractivity contribution in [3.05, 3.63) is 63.9 Å². The van der Waals surface area contributed by atoms with Gasteiger partial charge in [-0.3, -0.25) is 0 Å². The highest BCUT2D eigenvalue weighted by Crippen LogP contribution is 2.32. The van der Waals surface area contributed by atoms with Crippen molar-refractivity contribution in [1.82, 2.24) is 4.98 Å². The number of rotatable bonds is 3. The van der Waals surface area contributed by atoms with Crippen LogP contribution in [0, 0.1) is 5.82 Å². The van der Waals surface area contributed by atoms with Crippen LogP contribution < -0.4 is 0 Å². The minimum atomic E-state index is -0.494. The topological polar surface area (TPSA) is 39.2 Å². The summed E-state index contributed by atoms with van der Waals surface area (Å²) in [5.41, 5.74) is 1.90. The zero-order chi connectivity index (χ0) is 17.3. The van der Waals surface area contributed by atoms with Crippen LogP contribution in [0.1, 0.15) is 17.3 Å². The summed E-state index contributed by atoms with van der Waals surface area (Å²) in [6, 6.07) is 10.6. The van der Waals surface area contributed by atoms with Crippen molar-refractivity contribution in [2.45, 2.75) is 6.92 Å². The quantitative estimate of drug-likeness (QED) is 0.574. The SMILES string of the molecule is CCOC(=O)c1cc(-c2ccc(F)cc2)nc2c(Cl)cc(Cl)cc12. The molecule has 24 heavy (non-hydrogen) atoms. The molecule has 1 heterocycles. The third-order valence-corrected chi connectivity index (χ3v) is 3.97. The lowest BCUT2D eigenvalue weighted by atomic mass is 10.0. The number of hydrogen-bond donors (Lipinski definition) is 0. The Balaban J connectivity index is 2.29. The highest BCUT2D eigenvalue weighted by molar-refractivity contribution is 6.38. The van der Waals surface area contributed by atoms with Crippen LogP contribution in [0.5, 0.6) is 0 Å². The summed E-state index contributed by atoms with van der Waals surface area (Å²) in [7, 11) is 0. The summed E-state index contributed by atoms with van der Waals surface area (Å²) in [6.07, 6.45) is 0. The van der Waals surface area contributed by atoms with E-state index in [4.69, 9.17) is 27.9 Å². The van der Waals surface area contributed by atoms with Gasteiger partial charge in [0.1, 0.15) is 5.82 Å². The van der Waals surface area contributed by atoms with Crippen molar-refractivity contribution in [1.29, 1.82) is 0 Å². The monoisotopic (exact) mass is 363 g/mol. The van der Waals surface area contributed by atoms with E-state index in [1.165, 1.54) is 12.1 Å². The number of pyridine rings is 1. The summed E-state index contributed by atoms with van der Waals surface area (Å²) < 4.78 is 18.3. The van der Waals surface area contributed by atoms with Gasteiger partial charge >= 0.3 is 5.97 Å². The highest BCUT2D eigenvalue weighted by atomic mass is 35.5. The number of aromatic nitrogens is 1. The third-order valence-electron chi connectivity index (χ3n) is 3.47. The number of carbonyl (C=O) groups excluding carboxylic acids is 1. The van der Waals surface area contributed by atoms with E-state index in [2.05, 4.69) is 4.98 Å². The summed E-state index contributed by atoms with van der Waals surface area (Å²) in [6.45, 7) is 1.96. The number of halogens is 3. The molecule has 1 aromatic heterocycles. The van der Waals surface area contributed by atoms with Crippen LogP contribution in [-0.2, 0) is 4.74 Å². The third kappa shape index (κ3) is 3.21. The number of esters is 1. The first-order valence-corrected chi connectivity index (χ1v) is 7.98. The normalized spacial score (nSPS) is 10.8. The van der Waals surface area contributed by atoms with Crippen molar-refractivity contribution in [2.24, 2.45) is 0 Å². The average Bonchev–Trinajstić information content (AvgIpc) is 2.55. The molecule has 0 amide bonds. The molecule has 0 radical (unpaired) electrons. The van der Waals surface area contributed by atoms with Gasteiger partial charge in [-0.1, -0.05) is 23.2 Å². The Morgan fingerprint density at radius 1 is 1.17 bits per heavy atom. The summed E-state index contributed by atoms with van der Waals surface area (Å²) >= 11 is 12.3. The fourth-order valence-corrected chi connectivity index (χ4v) is 2.93. The molecule has 3 rings (SSSR count). The van der Waals surface area contributed by atoms with Gasteiger partial charge in [0, 0.05) is 16.0 Å². The Kier molecular flexibility index (Phi) is 4.69. The van der Waals surface area contributed by atoms with E-state index in [1.54, 1.807) is 37.3 Å². The number of fused-ring (bicyclic) bond motifs is 1. The van der Waals surface area contributed by atoms with E-state index in [1.807, 2.05) is 0 Å². The molecular formula is C18H12Cl2FNO2. The standard InChI is InChI=1S/C18H12Cl2FNO2/c1-2-24-18(23)14-9-16(10-3-5-12(21)6-4-10)22-17-13(14)7-11(19)8-15(17)20/h3-9H,2H2,1H3. The minimum absolute atomic E-state index is 0.239. The average molecular weight is 364 g/mol. The van der Waals surface area contributed by atoms with E-state index < -0.39 is 5.97 Å². The van der Waals surface area contributed by atoms with Gasteiger partial charge in [0.2, 0.25) is 0 Å². The molecule has 3 aromatic rings. The van der Waals surface area contributed by atoms with E-state index in [0.717, 1.165) is 0 Å². The Morgan fingerprint density at radius 3 is 2.54 bits per heavy atom. The van der Waals surface area contributed by atoms with Gasteiger partial charge in [-0.15, -0.1) is 0 Å². The largest absolute Gasteiger partial charge is 0.462 e. The molecule has 0 unspecified atom stereocenters. The first-order valence-electron chi connectivity index (χ1n) is 7.22. The van der Waals surface area contributed by atoms with Crippen LogP contribution in [-0.4, -0.2) is 17.6 Å². The van der Waals surface area contributed by atoms with Crippen molar-refractivity contribution < 1.29 is 13.9 Å². The Labute approximate surface area is 148 Å². The number of hydrogen-bond acceptors (Lipinski definition) is 3. The Morgan fingerprint density at radius 2 is 1.88 bits per heavy atom. The zero-order valence-corrected chi connectivity index (χ0v) is 14.2. The number of carbonyl (C=O) groups is 1. The molecule has 3 nitrogen and oxygen atoms in total. The second kappa shape index (κ2) is 6.75. The highest BCUT2D eigenvalue weighted by Gasteiger charge is 2.17. The molecule has 6 heteroatoms. The molecule has 0 aliphatic carbocycles. The van der Waals surface area contributed by atoms with Crippen LogP contribution in [0.3, 0.4) is 0 Å². The van der Waals surface area contributed by atoms with Gasteiger partial charge in [0.25, 0.3) is 0 Å².